The van der Waals surface area contributed by atoms with E-state index >= 15 is 0 Å². The number of Topliss-reactive ketones (excluding diaryl/α,β-unsaturated/α-hetero) is 1. The number of hydrogen-bond donors (Lipinski definition) is 1. The molecule has 1 amide bonds. The number of hydrogen-bond acceptors (Lipinski definition) is 4. The molecule has 1 aromatic carbocycles. The summed E-state index contributed by atoms with van der Waals surface area (Å²) in [5.41, 5.74) is 0.539. The van der Waals surface area contributed by atoms with Crippen LogP contribution in [0.1, 0.15) is 58.8 Å². The molecule has 1 saturated heterocycles. The van der Waals surface area contributed by atoms with Crippen LogP contribution in [0.2, 0.25) is 0 Å². The van der Waals surface area contributed by atoms with Gasteiger partial charge in [-0.2, -0.15) is 13.2 Å². The van der Waals surface area contributed by atoms with Crippen LogP contribution in [0.5, 0.6) is 0 Å². The van der Waals surface area contributed by atoms with E-state index in [2.05, 4.69) is 4.90 Å². The monoisotopic (exact) mass is 477 g/mol. The van der Waals surface area contributed by atoms with Crippen LogP contribution in [-0.2, 0) is 18.5 Å². The van der Waals surface area contributed by atoms with Crippen LogP contribution >= 0.6 is 0 Å². The number of carbonyl (C=O) groups is 2. The highest BCUT2D eigenvalue weighted by atomic mass is 19.4. The number of likely N-dealkylation sites (tertiary alicyclic amines) is 1. The summed E-state index contributed by atoms with van der Waals surface area (Å²) in [6.07, 6.45) is -3.30. The number of rotatable bonds is 4. The van der Waals surface area contributed by atoms with Gasteiger partial charge in [0.2, 0.25) is 0 Å². The van der Waals surface area contributed by atoms with Crippen molar-refractivity contribution in [3.63, 3.8) is 0 Å². The lowest BCUT2D eigenvalue weighted by atomic mass is 9.81. The van der Waals surface area contributed by atoms with E-state index in [0.29, 0.717) is 56.7 Å². The maximum atomic E-state index is 13.1. The number of piperidine rings is 1. The van der Waals surface area contributed by atoms with Crippen molar-refractivity contribution in [1.29, 1.82) is 0 Å². The summed E-state index contributed by atoms with van der Waals surface area (Å²) < 4.78 is 40.7. The molecule has 4 rings (SSSR count). The Bertz CT molecular complexity index is 1080. The Balaban J connectivity index is 1.50. The summed E-state index contributed by atoms with van der Waals surface area (Å²) >= 11 is 0. The van der Waals surface area contributed by atoms with E-state index in [9.17, 15) is 27.9 Å². The third kappa shape index (κ3) is 4.51. The van der Waals surface area contributed by atoms with Crippen LogP contribution in [-0.4, -0.2) is 69.6 Å². The average Bonchev–Trinajstić information content (AvgIpc) is 3.19. The molecular weight excluding hydrogens is 447 g/mol. The molecule has 0 unspecified atom stereocenters. The molecule has 0 atom stereocenters. The van der Waals surface area contributed by atoms with Gasteiger partial charge >= 0.3 is 6.18 Å². The minimum atomic E-state index is -4.91. The second-order valence-electron chi connectivity index (χ2n) is 10.0. The first-order valence-electron chi connectivity index (χ1n) is 11.5. The molecule has 1 spiro atoms. The first-order valence-corrected chi connectivity index (χ1v) is 11.5. The predicted octanol–water partition coefficient (Wildman–Crippen LogP) is 3.62. The Labute approximate surface area is 197 Å². The molecule has 0 saturated carbocycles. The van der Waals surface area contributed by atoms with E-state index in [1.165, 1.54) is 10.6 Å². The summed E-state index contributed by atoms with van der Waals surface area (Å²) in [7, 11) is 1.95. The molecule has 0 aliphatic carbocycles. The Hall–Kier alpha value is -2.65. The quantitative estimate of drug-likeness (QED) is 0.684. The van der Waals surface area contributed by atoms with Crippen molar-refractivity contribution in [3.8, 4) is 0 Å². The Kier molecular flexibility index (Phi) is 6.14. The van der Waals surface area contributed by atoms with Gasteiger partial charge in [0.1, 0.15) is 0 Å². The summed E-state index contributed by atoms with van der Waals surface area (Å²) in [5, 5.41) is 9.98. The fraction of sp³-hybridized carbons (Fsp3) is 0.520. The van der Waals surface area contributed by atoms with Gasteiger partial charge in [-0.3, -0.25) is 14.5 Å². The van der Waals surface area contributed by atoms with E-state index < -0.39 is 23.1 Å². The van der Waals surface area contributed by atoms with Crippen LogP contribution in [0.3, 0.4) is 0 Å². The number of aliphatic hydroxyl groups is 1. The second-order valence-corrected chi connectivity index (χ2v) is 10.0. The summed E-state index contributed by atoms with van der Waals surface area (Å²) in [5.74, 6) is -1.91. The van der Waals surface area contributed by atoms with Gasteiger partial charge in [0, 0.05) is 43.9 Å². The molecule has 9 heteroatoms. The standard InChI is InChI=1S/C25H30F3N3O3/c1-23(2,34)16-17-4-6-18(7-5-17)22(33)30-12-10-24(11-13-30)20-9-8-19(21(32)25(26,27)28)31(20)15-14-29(24)3/h4-9,34H,10-16H2,1-3H3. The SMILES string of the molecule is CN1CCn2c(C(=O)C(F)(F)F)ccc2C12CCN(C(=O)c1ccc(CC(C)(C)O)cc1)CC2. The van der Waals surface area contributed by atoms with Crippen LogP contribution in [0.4, 0.5) is 13.2 Å². The first-order chi connectivity index (χ1) is 15.8. The number of nitrogens with zero attached hydrogens (tertiary/aromatic N) is 3. The molecule has 1 fully saturated rings. The minimum absolute atomic E-state index is 0.0913. The van der Waals surface area contributed by atoms with Crippen LogP contribution in [0.15, 0.2) is 36.4 Å². The normalized spacial score (nSPS) is 18.7. The smallest absolute Gasteiger partial charge is 0.390 e. The van der Waals surface area contributed by atoms with Crippen molar-refractivity contribution in [3.05, 3.63) is 58.9 Å². The van der Waals surface area contributed by atoms with E-state index in [4.69, 9.17) is 0 Å². The van der Waals surface area contributed by atoms with Crippen LogP contribution < -0.4 is 0 Å². The molecule has 6 nitrogen and oxygen atoms in total. The maximum absolute atomic E-state index is 13.1. The topological polar surface area (TPSA) is 65.8 Å². The van der Waals surface area contributed by atoms with E-state index in [-0.39, 0.29) is 11.6 Å². The number of halogens is 3. The Morgan fingerprint density at radius 3 is 2.15 bits per heavy atom. The fourth-order valence-corrected chi connectivity index (χ4v) is 5.28. The Morgan fingerprint density at radius 1 is 0.971 bits per heavy atom. The number of fused-ring (bicyclic) bond motifs is 2. The number of alkyl halides is 3. The molecule has 2 aliphatic rings. The van der Waals surface area contributed by atoms with Gasteiger partial charge in [-0.25, -0.2) is 0 Å². The molecule has 1 aromatic heterocycles. The molecule has 184 valence electrons. The van der Waals surface area contributed by atoms with Crippen LogP contribution in [0.25, 0.3) is 0 Å². The van der Waals surface area contributed by atoms with Gasteiger partial charge in [0.25, 0.3) is 11.7 Å². The van der Waals surface area contributed by atoms with Gasteiger partial charge in [0.05, 0.1) is 16.8 Å². The first kappa shape index (κ1) is 24.5. The highest BCUT2D eigenvalue weighted by molar-refractivity contribution is 5.99. The molecule has 0 radical (unpaired) electrons. The summed E-state index contributed by atoms with van der Waals surface area (Å²) in [4.78, 5) is 28.9. The predicted molar refractivity (Wildman–Crippen MR) is 121 cm³/mol. The summed E-state index contributed by atoms with van der Waals surface area (Å²) in [6.45, 7) is 5.23. The molecule has 34 heavy (non-hydrogen) atoms. The largest absolute Gasteiger partial charge is 0.456 e. The van der Waals surface area contributed by atoms with Gasteiger partial charge in [-0.1, -0.05) is 12.1 Å². The Morgan fingerprint density at radius 2 is 1.59 bits per heavy atom. The van der Waals surface area contributed by atoms with E-state index in [0.717, 1.165) is 5.56 Å². The highest BCUT2D eigenvalue weighted by Gasteiger charge is 2.47. The lowest BCUT2D eigenvalue weighted by molar-refractivity contribution is -0.0892. The number of carbonyl (C=O) groups excluding carboxylic acids is 2. The second kappa shape index (κ2) is 8.53. The number of aromatic nitrogens is 1. The van der Waals surface area contributed by atoms with Crippen molar-refractivity contribution < 1.29 is 27.9 Å². The van der Waals surface area contributed by atoms with Crippen molar-refractivity contribution in [2.75, 3.05) is 26.7 Å². The number of ketones is 1. The van der Waals surface area contributed by atoms with Crippen LogP contribution in [0, 0.1) is 0 Å². The van der Waals surface area contributed by atoms with E-state index in [1.54, 1.807) is 36.9 Å². The summed E-state index contributed by atoms with van der Waals surface area (Å²) in [6, 6.07) is 10.1. The van der Waals surface area contributed by atoms with Crippen molar-refractivity contribution in [1.82, 2.24) is 14.4 Å². The maximum Gasteiger partial charge on any atom is 0.456 e. The third-order valence-electron chi connectivity index (χ3n) is 7.05. The lowest BCUT2D eigenvalue weighted by Gasteiger charge is -2.50. The zero-order chi connectivity index (χ0) is 24.9. The van der Waals surface area contributed by atoms with Gasteiger partial charge in [0.15, 0.2) is 0 Å². The molecule has 2 aromatic rings. The molecular formula is C25H30F3N3O3. The van der Waals surface area contributed by atoms with Gasteiger partial charge in [-0.05, 0) is 63.6 Å². The number of amides is 1. The van der Waals surface area contributed by atoms with Gasteiger partial charge in [-0.15, -0.1) is 0 Å². The van der Waals surface area contributed by atoms with Crippen molar-refractivity contribution in [2.45, 2.75) is 57.0 Å². The van der Waals surface area contributed by atoms with E-state index in [1.807, 2.05) is 19.2 Å². The zero-order valence-corrected chi connectivity index (χ0v) is 19.7. The number of likely N-dealkylation sites (N-methyl/N-ethyl adjacent to an activating group) is 1. The minimum Gasteiger partial charge on any atom is -0.390 e. The molecule has 3 heterocycles. The molecule has 2 aliphatic heterocycles. The van der Waals surface area contributed by atoms with Crippen molar-refractivity contribution in [2.24, 2.45) is 0 Å². The molecule has 1 N–H and O–H groups in total. The van der Waals surface area contributed by atoms with Crippen molar-refractivity contribution >= 4 is 11.7 Å². The zero-order valence-electron chi connectivity index (χ0n) is 19.7. The molecule has 0 bridgehead atoms. The van der Waals surface area contributed by atoms with Gasteiger partial charge < -0.3 is 14.6 Å². The number of benzene rings is 1. The third-order valence-corrected chi connectivity index (χ3v) is 7.05. The highest BCUT2D eigenvalue weighted by Crippen LogP contribution is 2.42. The average molecular weight is 478 g/mol. The lowest BCUT2D eigenvalue weighted by Crippen LogP contribution is -2.56. The fourth-order valence-electron chi connectivity index (χ4n) is 5.28.